The van der Waals surface area contributed by atoms with Gasteiger partial charge in [0.1, 0.15) is 5.82 Å². The first-order valence-corrected chi connectivity index (χ1v) is 6.19. The number of nitrogens with zero attached hydrogens (tertiary/aromatic N) is 1. The lowest BCUT2D eigenvalue weighted by Crippen LogP contribution is -2.04. The number of anilines is 1. The Hall–Kier alpha value is -1.78. The quantitative estimate of drug-likeness (QED) is 0.903. The molecular formula is C13H10Cl2N2O2. The number of halogens is 2. The zero-order valence-corrected chi connectivity index (χ0v) is 11.2. The van der Waals surface area contributed by atoms with E-state index in [-0.39, 0.29) is 10.6 Å². The van der Waals surface area contributed by atoms with Crippen LogP contribution in [0.2, 0.25) is 10.0 Å². The lowest BCUT2D eigenvalue weighted by Gasteiger charge is -2.09. The largest absolute Gasteiger partial charge is 0.478 e. The van der Waals surface area contributed by atoms with E-state index in [0.717, 1.165) is 5.56 Å². The molecule has 1 aromatic carbocycles. The second kappa shape index (κ2) is 5.91. The number of benzene rings is 1. The fourth-order valence-electron chi connectivity index (χ4n) is 1.51. The maximum Gasteiger partial charge on any atom is 0.337 e. The van der Waals surface area contributed by atoms with Gasteiger partial charge < -0.3 is 10.4 Å². The molecule has 0 fully saturated rings. The standard InChI is InChI=1S/C13H10Cl2N2O2/c14-10-4-2-1-3-8(10)6-16-12-11(15)5-9(7-17-12)13(18)19/h1-5,7H,6H2,(H,16,17)(H,18,19). The molecule has 2 rings (SSSR count). The summed E-state index contributed by atoms with van der Waals surface area (Å²) < 4.78 is 0. The van der Waals surface area contributed by atoms with Crippen molar-refractivity contribution in [1.29, 1.82) is 0 Å². The van der Waals surface area contributed by atoms with E-state index in [1.54, 1.807) is 6.07 Å². The van der Waals surface area contributed by atoms with Crippen LogP contribution in [0.5, 0.6) is 0 Å². The van der Waals surface area contributed by atoms with Gasteiger partial charge in [-0.1, -0.05) is 41.4 Å². The SMILES string of the molecule is O=C(O)c1cnc(NCc2ccccc2Cl)c(Cl)c1. The summed E-state index contributed by atoms with van der Waals surface area (Å²) in [4.78, 5) is 14.7. The molecule has 0 bridgehead atoms. The summed E-state index contributed by atoms with van der Waals surface area (Å²) in [6.07, 6.45) is 1.25. The highest BCUT2D eigenvalue weighted by Crippen LogP contribution is 2.22. The summed E-state index contributed by atoms with van der Waals surface area (Å²) in [6, 6.07) is 8.76. The molecule has 4 nitrogen and oxygen atoms in total. The summed E-state index contributed by atoms with van der Waals surface area (Å²) in [6.45, 7) is 0.457. The van der Waals surface area contributed by atoms with Crippen LogP contribution in [0.1, 0.15) is 15.9 Å². The number of carbonyl (C=O) groups is 1. The van der Waals surface area contributed by atoms with E-state index in [4.69, 9.17) is 28.3 Å². The van der Waals surface area contributed by atoms with E-state index >= 15 is 0 Å². The fraction of sp³-hybridized carbons (Fsp3) is 0.0769. The molecule has 2 aromatic rings. The average molecular weight is 297 g/mol. The highest BCUT2D eigenvalue weighted by Gasteiger charge is 2.08. The minimum atomic E-state index is -1.06. The Morgan fingerprint density at radius 1 is 1.26 bits per heavy atom. The molecule has 1 heterocycles. The first kappa shape index (κ1) is 13.6. The number of hydrogen-bond acceptors (Lipinski definition) is 3. The van der Waals surface area contributed by atoms with E-state index in [9.17, 15) is 4.79 Å². The molecule has 6 heteroatoms. The van der Waals surface area contributed by atoms with Crippen LogP contribution in [-0.4, -0.2) is 16.1 Å². The average Bonchev–Trinajstić information content (AvgIpc) is 2.39. The van der Waals surface area contributed by atoms with Gasteiger partial charge in [-0.3, -0.25) is 0 Å². The van der Waals surface area contributed by atoms with Crippen LogP contribution in [0.15, 0.2) is 36.5 Å². The summed E-state index contributed by atoms with van der Waals surface area (Å²) in [5.74, 6) is -0.640. The van der Waals surface area contributed by atoms with Crippen molar-refractivity contribution in [2.75, 3.05) is 5.32 Å². The first-order valence-electron chi connectivity index (χ1n) is 5.44. The van der Waals surface area contributed by atoms with Crippen molar-refractivity contribution in [2.45, 2.75) is 6.54 Å². The number of aromatic nitrogens is 1. The molecule has 0 saturated carbocycles. The predicted octanol–water partition coefficient (Wildman–Crippen LogP) is 3.70. The number of nitrogens with one attached hydrogen (secondary N) is 1. The summed E-state index contributed by atoms with van der Waals surface area (Å²) in [7, 11) is 0. The Morgan fingerprint density at radius 2 is 2.00 bits per heavy atom. The van der Waals surface area contributed by atoms with Gasteiger partial charge in [0, 0.05) is 17.8 Å². The van der Waals surface area contributed by atoms with Crippen molar-refractivity contribution >= 4 is 35.0 Å². The van der Waals surface area contributed by atoms with E-state index in [1.165, 1.54) is 12.3 Å². The Balaban J connectivity index is 2.12. The Labute approximate surface area is 120 Å². The molecule has 0 atom stereocenters. The van der Waals surface area contributed by atoms with Crippen LogP contribution in [-0.2, 0) is 6.54 Å². The van der Waals surface area contributed by atoms with Crippen LogP contribution in [0.3, 0.4) is 0 Å². The van der Waals surface area contributed by atoms with Gasteiger partial charge in [-0.05, 0) is 17.7 Å². The highest BCUT2D eigenvalue weighted by atomic mass is 35.5. The lowest BCUT2D eigenvalue weighted by atomic mass is 10.2. The van der Waals surface area contributed by atoms with Gasteiger partial charge in [0.2, 0.25) is 0 Å². The molecule has 0 saturated heterocycles. The van der Waals surface area contributed by atoms with Gasteiger partial charge in [-0.2, -0.15) is 0 Å². The molecule has 0 aliphatic heterocycles. The monoisotopic (exact) mass is 296 g/mol. The molecule has 0 radical (unpaired) electrons. The van der Waals surface area contributed by atoms with Crippen LogP contribution in [0, 0.1) is 0 Å². The van der Waals surface area contributed by atoms with Crippen LogP contribution in [0.4, 0.5) is 5.82 Å². The van der Waals surface area contributed by atoms with E-state index in [2.05, 4.69) is 10.3 Å². The van der Waals surface area contributed by atoms with Crippen LogP contribution >= 0.6 is 23.2 Å². The Morgan fingerprint density at radius 3 is 2.63 bits per heavy atom. The fourth-order valence-corrected chi connectivity index (χ4v) is 1.94. The van der Waals surface area contributed by atoms with Gasteiger partial charge in [0.05, 0.1) is 10.6 Å². The molecule has 1 aromatic heterocycles. The molecule has 0 spiro atoms. The molecular weight excluding hydrogens is 287 g/mol. The summed E-state index contributed by atoms with van der Waals surface area (Å²) in [5.41, 5.74) is 0.956. The Bertz CT molecular complexity index is 617. The first-order chi connectivity index (χ1) is 9.08. The van der Waals surface area contributed by atoms with Crippen molar-refractivity contribution in [3.05, 3.63) is 57.7 Å². The molecule has 0 amide bonds. The predicted molar refractivity (Wildman–Crippen MR) is 75.0 cm³/mol. The summed E-state index contributed by atoms with van der Waals surface area (Å²) in [5, 5.41) is 12.7. The number of pyridine rings is 1. The van der Waals surface area contributed by atoms with Crippen molar-refractivity contribution in [3.8, 4) is 0 Å². The van der Waals surface area contributed by atoms with E-state index < -0.39 is 5.97 Å². The molecule has 98 valence electrons. The van der Waals surface area contributed by atoms with Crippen molar-refractivity contribution in [3.63, 3.8) is 0 Å². The number of rotatable bonds is 4. The number of carboxylic acids is 1. The molecule has 0 aliphatic carbocycles. The molecule has 0 unspecified atom stereocenters. The highest BCUT2D eigenvalue weighted by molar-refractivity contribution is 6.33. The normalized spacial score (nSPS) is 10.2. The minimum absolute atomic E-state index is 0.0493. The second-order valence-corrected chi connectivity index (χ2v) is 4.62. The van der Waals surface area contributed by atoms with Gasteiger partial charge in [0.15, 0.2) is 0 Å². The summed E-state index contributed by atoms with van der Waals surface area (Å²) >= 11 is 12.0. The van der Waals surface area contributed by atoms with Gasteiger partial charge in [-0.15, -0.1) is 0 Å². The third-order valence-corrected chi connectivity index (χ3v) is 3.15. The van der Waals surface area contributed by atoms with Crippen molar-refractivity contribution < 1.29 is 9.90 Å². The topological polar surface area (TPSA) is 62.2 Å². The second-order valence-electron chi connectivity index (χ2n) is 3.80. The van der Waals surface area contributed by atoms with E-state index in [1.807, 2.05) is 18.2 Å². The molecule has 0 aliphatic rings. The van der Waals surface area contributed by atoms with Crippen molar-refractivity contribution in [2.24, 2.45) is 0 Å². The van der Waals surface area contributed by atoms with Gasteiger partial charge >= 0.3 is 5.97 Å². The zero-order valence-electron chi connectivity index (χ0n) is 9.73. The molecule has 2 N–H and O–H groups in total. The van der Waals surface area contributed by atoms with Crippen LogP contribution in [0.25, 0.3) is 0 Å². The third-order valence-electron chi connectivity index (χ3n) is 2.49. The lowest BCUT2D eigenvalue weighted by molar-refractivity contribution is 0.0696. The van der Waals surface area contributed by atoms with Gasteiger partial charge in [-0.25, -0.2) is 9.78 Å². The number of aromatic carboxylic acids is 1. The zero-order chi connectivity index (χ0) is 13.8. The Kier molecular flexibility index (Phi) is 4.24. The maximum absolute atomic E-state index is 10.8. The van der Waals surface area contributed by atoms with Crippen molar-refractivity contribution in [1.82, 2.24) is 4.98 Å². The van der Waals surface area contributed by atoms with E-state index in [0.29, 0.717) is 17.4 Å². The number of hydrogen-bond donors (Lipinski definition) is 2. The third kappa shape index (κ3) is 3.36. The smallest absolute Gasteiger partial charge is 0.337 e. The maximum atomic E-state index is 10.8. The molecule has 19 heavy (non-hydrogen) atoms. The minimum Gasteiger partial charge on any atom is -0.478 e. The number of carboxylic acid groups (broad SMARTS) is 1. The van der Waals surface area contributed by atoms with Crippen LogP contribution < -0.4 is 5.32 Å². The van der Waals surface area contributed by atoms with Gasteiger partial charge in [0.25, 0.3) is 0 Å².